The molecular weight excluding hydrogens is 274 g/mol. The lowest BCUT2D eigenvalue weighted by Gasteiger charge is -2.14. The number of ether oxygens (including phenoxy) is 2. The van der Waals surface area contributed by atoms with E-state index in [0.29, 0.717) is 18.5 Å². The second-order valence-electron chi connectivity index (χ2n) is 4.70. The van der Waals surface area contributed by atoms with Crippen LogP contribution in [-0.4, -0.2) is 41.1 Å². The third-order valence-electron chi connectivity index (χ3n) is 3.12. The van der Waals surface area contributed by atoms with E-state index in [2.05, 4.69) is 29.1 Å². The van der Waals surface area contributed by atoms with E-state index < -0.39 is 0 Å². The zero-order valence-corrected chi connectivity index (χ0v) is 13.2. The fourth-order valence-electron chi connectivity index (χ4n) is 2.08. The molecule has 2 unspecified atom stereocenters. The zero-order valence-electron chi connectivity index (χ0n) is 12.4. The van der Waals surface area contributed by atoms with Crippen LogP contribution in [0.4, 0.5) is 5.82 Å². The van der Waals surface area contributed by atoms with Crippen molar-refractivity contribution in [3.05, 3.63) is 11.9 Å². The highest BCUT2D eigenvalue weighted by Crippen LogP contribution is 2.32. The molecule has 1 aliphatic rings. The van der Waals surface area contributed by atoms with Gasteiger partial charge in [0.1, 0.15) is 17.5 Å². The average molecular weight is 297 g/mol. The second-order valence-corrected chi connectivity index (χ2v) is 5.96. The fraction of sp³-hybridized carbons (Fsp3) is 0.714. The van der Waals surface area contributed by atoms with Crippen molar-refractivity contribution >= 4 is 17.6 Å². The molecule has 2 rings (SSSR count). The van der Waals surface area contributed by atoms with Crippen molar-refractivity contribution in [2.45, 2.75) is 50.2 Å². The summed E-state index contributed by atoms with van der Waals surface area (Å²) in [7, 11) is 0. The first-order valence-electron chi connectivity index (χ1n) is 7.20. The van der Waals surface area contributed by atoms with Gasteiger partial charge in [-0.05, 0) is 27.2 Å². The summed E-state index contributed by atoms with van der Waals surface area (Å²) < 4.78 is 11.0. The molecule has 1 N–H and O–H groups in total. The van der Waals surface area contributed by atoms with Crippen LogP contribution in [-0.2, 0) is 16.1 Å². The molecule has 20 heavy (non-hydrogen) atoms. The molecule has 1 aromatic rings. The molecule has 112 valence electrons. The molecule has 5 nitrogen and oxygen atoms in total. The van der Waals surface area contributed by atoms with E-state index in [1.807, 2.05) is 13.0 Å². The van der Waals surface area contributed by atoms with Gasteiger partial charge in [-0.25, -0.2) is 9.97 Å². The van der Waals surface area contributed by atoms with E-state index in [-0.39, 0.29) is 6.10 Å². The van der Waals surface area contributed by atoms with Crippen molar-refractivity contribution < 1.29 is 9.47 Å². The van der Waals surface area contributed by atoms with Crippen LogP contribution >= 0.6 is 11.8 Å². The van der Waals surface area contributed by atoms with Crippen molar-refractivity contribution in [2.75, 3.05) is 25.1 Å². The largest absolute Gasteiger partial charge is 0.377 e. The summed E-state index contributed by atoms with van der Waals surface area (Å²) in [4.78, 5) is 9.04. The lowest BCUT2D eigenvalue weighted by molar-refractivity contribution is 0.127. The number of rotatable bonds is 7. The quantitative estimate of drug-likeness (QED) is 0.781. The highest BCUT2D eigenvalue weighted by atomic mass is 32.2. The van der Waals surface area contributed by atoms with E-state index in [4.69, 9.17) is 9.47 Å². The molecule has 2 atom stereocenters. The van der Waals surface area contributed by atoms with Crippen molar-refractivity contribution in [1.29, 1.82) is 0 Å². The molecule has 0 spiro atoms. The van der Waals surface area contributed by atoms with Crippen LogP contribution in [0.25, 0.3) is 0 Å². The minimum atomic E-state index is 0.285. The van der Waals surface area contributed by atoms with Crippen molar-refractivity contribution in [3.63, 3.8) is 0 Å². The Hall–Kier alpha value is -0.850. The Morgan fingerprint density at radius 1 is 1.45 bits per heavy atom. The van der Waals surface area contributed by atoms with Crippen LogP contribution < -0.4 is 5.32 Å². The highest BCUT2D eigenvalue weighted by molar-refractivity contribution is 7.99. The van der Waals surface area contributed by atoms with Crippen molar-refractivity contribution in [1.82, 2.24) is 9.97 Å². The van der Waals surface area contributed by atoms with Crippen LogP contribution in [0.15, 0.2) is 11.1 Å². The van der Waals surface area contributed by atoms with E-state index in [0.717, 1.165) is 36.2 Å². The van der Waals surface area contributed by atoms with Gasteiger partial charge in [0.25, 0.3) is 0 Å². The SMILES string of the molecule is CCNc1cc(SC2CCOC2C)nc(COCC)n1. The first kappa shape index (κ1) is 15.5. The smallest absolute Gasteiger partial charge is 0.157 e. The van der Waals surface area contributed by atoms with Gasteiger partial charge in [-0.15, -0.1) is 11.8 Å². The molecule has 6 heteroatoms. The number of hydrogen-bond donors (Lipinski definition) is 1. The fourth-order valence-corrected chi connectivity index (χ4v) is 3.22. The Morgan fingerprint density at radius 2 is 2.30 bits per heavy atom. The number of aromatic nitrogens is 2. The van der Waals surface area contributed by atoms with Crippen LogP contribution in [0.5, 0.6) is 0 Å². The molecule has 0 saturated carbocycles. The maximum atomic E-state index is 5.61. The summed E-state index contributed by atoms with van der Waals surface area (Å²) in [6, 6.07) is 2.01. The van der Waals surface area contributed by atoms with Crippen molar-refractivity contribution in [2.24, 2.45) is 0 Å². The standard InChI is InChI=1S/C14H23N3O2S/c1-4-15-12-8-14(17-13(16-12)9-18-5-2)20-11-6-7-19-10(11)3/h8,10-11H,4-7,9H2,1-3H3,(H,15,16,17). The van der Waals surface area contributed by atoms with Gasteiger partial charge >= 0.3 is 0 Å². The summed E-state index contributed by atoms with van der Waals surface area (Å²) in [5.41, 5.74) is 0. The van der Waals surface area contributed by atoms with E-state index in [9.17, 15) is 0 Å². The van der Waals surface area contributed by atoms with Gasteiger partial charge in [0.15, 0.2) is 5.82 Å². The van der Waals surface area contributed by atoms with E-state index in [1.165, 1.54) is 0 Å². The minimum Gasteiger partial charge on any atom is -0.377 e. The predicted molar refractivity (Wildman–Crippen MR) is 81.2 cm³/mol. The summed E-state index contributed by atoms with van der Waals surface area (Å²) in [5, 5.41) is 4.71. The van der Waals surface area contributed by atoms with Gasteiger partial charge < -0.3 is 14.8 Å². The number of nitrogens with zero attached hydrogens (tertiary/aromatic N) is 2. The lowest BCUT2D eigenvalue weighted by atomic mass is 10.3. The first-order valence-corrected chi connectivity index (χ1v) is 8.08. The summed E-state index contributed by atoms with van der Waals surface area (Å²) in [5.74, 6) is 1.60. The third-order valence-corrected chi connectivity index (χ3v) is 4.49. The maximum absolute atomic E-state index is 5.61. The molecule has 0 aromatic carbocycles. The van der Waals surface area contributed by atoms with Gasteiger partial charge in [0, 0.05) is 31.1 Å². The van der Waals surface area contributed by atoms with Crippen LogP contribution in [0.3, 0.4) is 0 Å². The molecular formula is C14H23N3O2S. The third kappa shape index (κ3) is 4.33. The maximum Gasteiger partial charge on any atom is 0.157 e. The summed E-state index contributed by atoms with van der Waals surface area (Å²) in [6.07, 6.45) is 1.36. The Balaban J connectivity index is 2.10. The number of thioether (sulfide) groups is 1. The molecule has 0 aliphatic carbocycles. The molecule has 1 saturated heterocycles. The lowest BCUT2D eigenvalue weighted by Crippen LogP contribution is -2.14. The first-order chi connectivity index (χ1) is 9.72. The van der Waals surface area contributed by atoms with Crippen LogP contribution in [0.1, 0.15) is 33.0 Å². The number of nitrogens with one attached hydrogen (secondary N) is 1. The average Bonchev–Trinajstić information content (AvgIpc) is 2.82. The number of hydrogen-bond acceptors (Lipinski definition) is 6. The topological polar surface area (TPSA) is 56.3 Å². The monoisotopic (exact) mass is 297 g/mol. The Kier molecular flexibility index (Phi) is 6.06. The van der Waals surface area contributed by atoms with Crippen molar-refractivity contribution in [3.8, 4) is 0 Å². The molecule has 2 heterocycles. The molecule has 1 fully saturated rings. The Bertz CT molecular complexity index is 431. The zero-order chi connectivity index (χ0) is 14.4. The van der Waals surface area contributed by atoms with E-state index >= 15 is 0 Å². The van der Waals surface area contributed by atoms with E-state index in [1.54, 1.807) is 11.8 Å². The molecule has 0 radical (unpaired) electrons. The van der Waals surface area contributed by atoms with Crippen LogP contribution in [0, 0.1) is 0 Å². The summed E-state index contributed by atoms with van der Waals surface area (Å²) in [6.45, 7) is 8.97. The molecule has 1 aliphatic heterocycles. The molecule has 1 aromatic heterocycles. The van der Waals surface area contributed by atoms with Crippen LogP contribution in [0.2, 0.25) is 0 Å². The molecule has 0 amide bonds. The van der Waals surface area contributed by atoms with Gasteiger partial charge in [0.05, 0.1) is 6.10 Å². The Morgan fingerprint density at radius 3 is 2.95 bits per heavy atom. The minimum absolute atomic E-state index is 0.285. The Labute approximate surface area is 124 Å². The normalized spacial score (nSPS) is 22.1. The highest BCUT2D eigenvalue weighted by Gasteiger charge is 2.26. The molecule has 0 bridgehead atoms. The van der Waals surface area contributed by atoms with Gasteiger partial charge in [-0.3, -0.25) is 0 Å². The second kappa shape index (κ2) is 7.81. The van der Waals surface area contributed by atoms with Gasteiger partial charge in [-0.2, -0.15) is 0 Å². The predicted octanol–water partition coefficient (Wildman–Crippen LogP) is 2.71. The number of anilines is 1. The van der Waals surface area contributed by atoms with Gasteiger partial charge in [0.2, 0.25) is 0 Å². The summed E-state index contributed by atoms with van der Waals surface area (Å²) >= 11 is 1.78. The van der Waals surface area contributed by atoms with Gasteiger partial charge in [-0.1, -0.05) is 0 Å².